The summed E-state index contributed by atoms with van der Waals surface area (Å²) < 4.78 is 13.2. The van der Waals surface area contributed by atoms with Crippen LogP contribution >= 0.6 is 0 Å². The maximum absolute atomic E-state index is 12.7. The fraction of sp³-hybridized carbons (Fsp3) is 0.425. The van der Waals surface area contributed by atoms with Gasteiger partial charge in [0, 0.05) is 36.7 Å². The molecule has 53 heavy (non-hydrogen) atoms. The number of rotatable bonds is 11. The third-order valence-electron chi connectivity index (χ3n) is 10.2. The van der Waals surface area contributed by atoms with Gasteiger partial charge in [-0.3, -0.25) is 19.7 Å². The zero-order valence-corrected chi connectivity index (χ0v) is 30.7. The number of carbonyl (C=O) groups excluding carboxylic acids is 3. The molecule has 0 saturated carbocycles. The number of benzene rings is 2. The number of amides is 3. The molecule has 2 N–H and O–H groups in total. The van der Waals surface area contributed by atoms with E-state index in [1.165, 1.54) is 5.56 Å². The molecule has 5 heterocycles. The van der Waals surface area contributed by atoms with Crippen LogP contribution in [0, 0.1) is 6.92 Å². The number of nitrogens with zero attached hydrogens (tertiary/aromatic N) is 6. The zero-order valence-electron chi connectivity index (χ0n) is 30.7. The minimum absolute atomic E-state index is 0.0230. The average molecular weight is 719 g/mol. The highest BCUT2D eigenvalue weighted by atomic mass is 16.5. The van der Waals surface area contributed by atoms with Crippen molar-refractivity contribution in [3.8, 4) is 11.3 Å². The average Bonchev–Trinajstić information content (AvgIpc) is 3.82. The molecule has 3 aromatic heterocycles. The van der Waals surface area contributed by atoms with E-state index in [1.54, 1.807) is 6.33 Å². The largest absolute Gasteiger partial charge is 0.375 e. The normalized spacial score (nSPS) is 17.3. The number of aromatic nitrogens is 5. The molecule has 3 amide bonds. The number of aryl methyl sites for hydroxylation is 1. The Morgan fingerprint density at radius 2 is 1.81 bits per heavy atom. The van der Waals surface area contributed by atoms with Gasteiger partial charge in [0.1, 0.15) is 6.33 Å². The van der Waals surface area contributed by atoms with Crippen molar-refractivity contribution in [2.24, 2.45) is 0 Å². The van der Waals surface area contributed by atoms with Crippen LogP contribution < -0.4 is 10.6 Å². The van der Waals surface area contributed by atoms with Gasteiger partial charge < -0.3 is 19.5 Å². The first-order valence-electron chi connectivity index (χ1n) is 18.3. The van der Waals surface area contributed by atoms with E-state index in [-0.39, 0.29) is 34.9 Å². The fourth-order valence-electron chi connectivity index (χ4n) is 7.09. The first kappa shape index (κ1) is 36.1. The summed E-state index contributed by atoms with van der Waals surface area (Å²) in [5.41, 5.74) is 7.64. The first-order chi connectivity index (χ1) is 25.5. The Morgan fingerprint density at radius 3 is 2.53 bits per heavy atom. The van der Waals surface area contributed by atoms with Crippen LogP contribution in [-0.4, -0.2) is 73.6 Å². The van der Waals surface area contributed by atoms with Gasteiger partial charge in [-0.25, -0.2) is 9.50 Å². The summed E-state index contributed by atoms with van der Waals surface area (Å²) in [5.74, 6) is -0.0611. The molecular weight excluding hydrogens is 672 g/mol. The minimum Gasteiger partial charge on any atom is -0.375 e. The molecule has 0 aliphatic carbocycles. The van der Waals surface area contributed by atoms with Gasteiger partial charge in [0.15, 0.2) is 0 Å². The standard InChI is InChI=1S/C40H46N8O5/c1-25-19-30(9-10-31(25)21-41-38(51)36-45-39(53-46-36)40(2,3)4)35-33-20-26(22-48(33)43-24-42-35)23-52-18-17-47-15-13-28(14-16-47)27-5-7-29(8-6-27)32-11-12-34(49)44-37(32)50/h5-10,19-20,22,24,28,32H,11-18,21,23H2,1-4H3,(H,41,51)(H,44,49,50)/t32-/m0/s1. The molecule has 2 saturated heterocycles. The number of carbonyl (C=O) groups is 3. The minimum atomic E-state index is -0.384. The van der Waals surface area contributed by atoms with E-state index in [9.17, 15) is 14.4 Å². The van der Waals surface area contributed by atoms with E-state index in [2.05, 4.69) is 72.2 Å². The second-order valence-electron chi connectivity index (χ2n) is 15.1. The second kappa shape index (κ2) is 15.4. The number of piperidine rings is 2. The van der Waals surface area contributed by atoms with Gasteiger partial charge >= 0.3 is 0 Å². The van der Waals surface area contributed by atoms with Crippen molar-refractivity contribution in [1.82, 2.24) is 40.3 Å². The highest BCUT2D eigenvalue weighted by molar-refractivity contribution is 6.00. The van der Waals surface area contributed by atoms with Crippen LogP contribution in [0.4, 0.5) is 0 Å². The lowest BCUT2D eigenvalue weighted by Gasteiger charge is -2.32. The molecule has 276 valence electrons. The predicted molar refractivity (Wildman–Crippen MR) is 197 cm³/mol. The third kappa shape index (κ3) is 8.36. The van der Waals surface area contributed by atoms with E-state index in [0.29, 0.717) is 44.4 Å². The summed E-state index contributed by atoms with van der Waals surface area (Å²) in [7, 11) is 0. The SMILES string of the molecule is Cc1cc(-c2ncnn3cc(COCCN4CCC(c5ccc([C@@H]6CCC(=O)NC6=O)cc5)CC4)cc23)ccc1CNC(=O)c1noc(C(C)(C)C)n1. The molecule has 13 heteroatoms. The molecule has 2 fully saturated rings. The van der Waals surface area contributed by atoms with Crippen LogP contribution in [0.2, 0.25) is 0 Å². The van der Waals surface area contributed by atoms with E-state index < -0.39 is 0 Å². The number of fused-ring (bicyclic) bond motifs is 1. The zero-order chi connectivity index (χ0) is 37.1. The van der Waals surface area contributed by atoms with Crippen LogP contribution in [0.5, 0.6) is 0 Å². The smallest absolute Gasteiger partial charge is 0.292 e. The van der Waals surface area contributed by atoms with E-state index in [0.717, 1.165) is 71.5 Å². The summed E-state index contributed by atoms with van der Waals surface area (Å²) in [6, 6.07) is 16.6. The van der Waals surface area contributed by atoms with Crippen LogP contribution in [0.15, 0.2) is 65.6 Å². The Balaban J connectivity index is 0.878. The van der Waals surface area contributed by atoms with Crippen LogP contribution in [0.25, 0.3) is 16.8 Å². The van der Waals surface area contributed by atoms with Crippen molar-refractivity contribution in [2.75, 3.05) is 26.2 Å². The second-order valence-corrected chi connectivity index (χ2v) is 15.1. The van der Waals surface area contributed by atoms with Crippen molar-refractivity contribution in [1.29, 1.82) is 0 Å². The molecule has 5 aromatic rings. The lowest BCUT2D eigenvalue weighted by Crippen LogP contribution is -2.39. The quantitative estimate of drug-likeness (QED) is 0.137. The number of ether oxygens (including phenoxy) is 1. The van der Waals surface area contributed by atoms with Crippen LogP contribution in [0.3, 0.4) is 0 Å². The molecule has 13 nitrogen and oxygen atoms in total. The van der Waals surface area contributed by atoms with Gasteiger partial charge in [0.2, 0.25) is 17.7 Å². The summed E-state index contributed by atoms with van der Waals surface area (Å²) in [5, 5.41) is 13.6. The van der Waals surface area contributed by atoms with Crippen molar-refractivity contribution >= 4 is 23.2 Å². The summed E-state index contributed by atoms with van der Waals surface area (Å²) in [6.07, 6.45) is 6.67. The van der Waals surface area contributed by atoms with E-state index >= 15 is 0 Å². The number of hydrogen-bond donors (Lipinski definition) is 2. The molecule has 0 radical (unpaired) electrons. The molecule has 2 aliphatic heterocycles. The van der Waals surface area contributed by atoms with Gasteiger partial charge in [-0.2, -0.15) is 10.1 Å². The Morgan fingerprint density at radius 1 is 1.04 bits per heavy atom. The lowest BCUT2D eigenvalue weighted by molar-refractivity contribution is -0.134. The maximum atomic E-state index is 12.7. The maximum Gasteiger partial charge on any atom is 0.292 e. The van der Waals surface area contributed by atoms with Gasteiger partial charge in [0.05, 0.1) is 30.3 Å². The van der Waals surface area contributed by atoms with Gasteiger partial charge in [-0.05, 0) is 85.1 Å². The van der Waals surface area contributed by atoms with Crippen molar-refractivity contribution < 1.29 is 23.6 Å². The number of nitrogens with one attached hydrogen (secondary N) is 2. The third-order valence-corrected chi connectivity index (χ3v) is 10.2. The molecular formula is C40H46N8O5. The molecule has 2 aliphatic rings. The Kier molecular flexibility index (Phi) is 10.5. The highest BCUT2D eigenvalue weighted by Crippen LogP contribution is 2.31. The predicted octanol–water partition coefficient (Wildman–Crippen LogP) is 5.23. The van der Waals surface area contributed by atoms with Crippen molar-refractivity contribution in [2.45, 2.75) is 83.8 Å². The molecule has 1 atom stereocenters. The van der Waals surface area contributed by atoms with Crippen LogP contribution in [-0.2, 0) is 32.9 Å². The summed E-state index contributed by atoms with van der Waals surface area (Å²) in [6.45, 7) is 12.2. The van der Waals surface area contributed by atoms with E-state index in [4.69, 9.17) is 9.26 Å². The van der Waals surface area contributed by atoms with Gasteiger partial charge in [0.25, 0.3) is 11.7 Å². The molecule has 7 rings (SSSR count). The first-order valence-corrected chi connectivity index (χ1v) is 18.3. The lowest BCUT2D eigenvalue weighted by atomic mass is 9.86. The van der Waals surface area contributed by atoms with Gasteiger partial charge in [-0.15, -0.1) is 0 Å². The number of hydrogen-bond acceptors (Lipinski definition) is 10. The van der Waals surface area contributed by atoms with Crippen LogP contribution in [0.1, 0.15) is 103 Å². The van der Waals surface area contributed by atoms with Crippen molar-refractivity contribution in [3.05, 3.63) is 101 Å². The molecule has 0 unspecified atom stereocenters. The molecule has 0 bridgehead atoms. The monoisotopic (exact) mass is 718 g/mol. The van der Waals surface area contributed by atoms with Gasteiger partial charge in [-0.1, -0.05) is 62.3 Å². The number of imide groups is 1. The Hall–Kier alpha value is -5.27. The fourth-order valence-corrected chi connectivity index (χ4v) is 7.09. The van der Waals surface area contributed by atoms with E-state index in [1.807, 2.05) is 50.5 Å². The Labute approximate surface area is 308 Å². The number of likely N-dealkylation sites (tertiary alicyclic amines) is 1. The van der Waals surface area contributed by atoms with Crippen molar-refractivity contribution in [3.63, 3.8) is 0 Å². The topological polar surface area (TPSA) is 157 Å². The summed E-state index contributed by atoms with van der Waals surface area (Å²) in [4.78, 5) is 47.7. The highest BCUT2D eigenvalue weighted by Gasteiger charge is 2.29. The summed E-state index contributed by atoms with van der Waals surface area (Å²) >= 11 is 0. The molecule has 2 aromatic carbocycles. The molecule has 0 spiro atoms. The Bertz CT molecular complexity index is 2110.